The van der Waals surface area contributed by atoms with Gasteiger partial charge in [0.05, 0.1) is 24.9 Å². The molecule has 6 nitrogen and oxygen atoms in total. The summed E-state index contributed by atoms with van der Waals surface area (Å²) in [5.41, 5.74) is 6.98. The van der Waals surface area contributed by atoms with Gasteiger partial charge in [0, 0.05) is 24.5 Å². The number of primary amides is 1. The van der Waals surface area contributed by atoms with E-state index >= 15 is 0 Å². The van der Waals surface area contributed by atoms with E-state index in [2.05, 4.69) is 17.0 Å². The van der Waals surface area contributed by atoms with Crippen LogP contribution in [0.2, 0.25) is 0 Å². The van der Waals surface area contributed by atoms with E-state index in [1.165, 1.54) is 0 Å². The number of benzene rings is 1. The predicted octanol–water partition coefficient (Wildman–Crippen LogP) is 1.85. The van der Waals surface area contributed by atoms with Crippen LogP contribution in [-0.2, 0) is 11.3 Å². The standard InChI is InChI=1S/C15H18N4O2/c1-2-19-11-12(10-18-19)9-17-13-5-3-4-6-14(13)21-8-7-15(16)20/h2-6,10-11,17H,1,7-9H2,(H2,16,20). The van der Waals surface area contributed by atoms with Gasteiger partial charge in [0.25, 0.3) is 0 Å². The molecule has 2 rings (SSSR count). The van der Waals surface area contributed by atoms with Crippen molar-refractivity contribution in [3.8, 4) is 5.75 Å². The summed E-state index contributed by atoms with van der Waals surface area (Å²) in [7, 11) is 0. The summed E-state index contributed by atoms with van der Waals surface area (Å²) in [6.45, 7) is 4.53. The minimum atomic E-state index is -0.378. The molecule has 0 saturated heterocycles. The molecule has 0 saturated carbocycles. The molecule has 21 heavy (non-hydrogen) atoms. The van der Waals surface area contributed by atoms with Gasteiger partial charge in [-0.3, -0.25) is 4.79 Å². The van der Waals surface area contributed by atoms with Crippen LogP contribution in [0.15, 0.2) is 43.2 Å². The first-order valence-electron chi connectivity index (χ1n) is 6.58. The van der Waals surface area contributed by atoms with Gasteiger partial charge in [-0.2, -0.15) is 5.10 Å². The van der Waals surface area contributed by atoms with Crippen molar-refractivity contribution in [3.63, 3.8) is 0 Å². The second-order valence-corrected chi connectivity index (χ2v) is 4.43. The lowest BCUT2D eigenvalue weighted by atomic mass is 10.2. The molecule has 3 N–H and O–H groups in total. The van der Waals surface area contributed by atoms with Crippen LogP contribution in [0.3, 0.4) is 0 Å². The molecule has 1 aromatic carbocycles. The van der Waals surface area contributed by atoms with E-state index in [-0.39, 0.29) is 18.9 Å². The van der Waals surface area contributed by atoms with Crippen molar-refractivity contribution >= 4 is 17.8 Å². The van der Waals surface area contributed by atoms with Crippen LogP contribution in [0.5, 0.6) is 5.75 Å². The smallest absolute Gasteiger partial charge is 0.220 e. The van der Waals surface area contributed by atoms with E-state index < -0.39 is 0 Å². The molecule has 6 heteroatoms. The van der Waals surface area contributed by atoms with Gasteiger partial charge in [-0.25, -0.2) is 4.68 Å². The van der Waals surface area contributed by atoms with Crippen LogP contribution in [0.25, 0.3) is 6.20 Å². The maximum Gasteiger partial charge on any atom is 0.220 e. The fourth-order valence-corrected chi connectivity index (χ4v) is 1.77. The zero-order chi connectivity index (χ0) is 15.1. The van der Waals surface area contributed by atoms with Gasteiger partial charge in [-0.15, -0.1) is 0 Å². The van der Waals surface area contributed by atoms with Gasteiger partial charge in [0.1, 0.15) is 5.75 Å². The van der Waals surface area contributed by atoms with Gasteiger partial charge in [-0.05, 0) is 12.1 Å². The van der Waals surface area contributed by atoms with E-state index in [0.717, 1.165) is 11.3 Å². The molecule has 1 heterocycles. The summed E-state index contributed by atoms with van der Waals surface area (Å²) >= 11 is 0. The molecule has 1 amide bonds. The number of rotatable bonds is 8. The lowest BCUT2D eigenvalue weighted by Gasteiger charge is -2.12. The Labute approximate surface area is 123 Å². The first-order chi connectivity index (χ1) is 10.2. The van der Waals surface area contributed by atoms with Gasteiger partial charge < -0.3 is 15.8 Å². The molecule has 2 aromatic rings. The maximum atomic E-state index is 10.7. The summed E-state index contributed by atoms with van der Waals surface area (Å²) in [5.74, 6) is 0.312. The second-order valence-electron chi connectivity index (χ2n) is 4.43. The molecule has 0 aliphatic heterocycles. The molecular weight excluding hydrogens is 268 g/mol. The van der Waals surface area contributed by atoms with E-state index in [9.17, 15) is 4.79 Å². The molecule has 0 bridgehead atoms. The van der Waals surface area contributed by atoms with Crippen LogP contribution in [-0.4, -0.2) is 22.3 Å². The Hall–Kier alpha value is -2.76. The van der Waals surface area contributed by atoms with Gasteiger partial charge >= 0.3 is 0 Å². The van der Waals surface area contributed by atoms with Crippen LogP contribution in [0, 0.1) is 0 Å². The highest BCUT2D eigenvalue weighted by Gasteiger charge is 2.04. The van der Waals surface area contributed by atoms with Crippen LogP contribution >= 0.6 is 0 Å². The molecule has 110 valence electrons. The van der Waals surface area contributed by atoms with Crippen LogP contribution < -0.4 is 15.8 Å². The zero-order valence-corrected chi connectivity index (χ0v) is 11.7. The fraction of sp³-hybridized carbons (Fsp3) is 0.200. The number of nitrogens with one attached hydrogen (secondary N) is 1. The molecule has 0 aliphatic rings. The van der Waals surface area contributed by atoms with Gasteiger partial charge in [-0.1, -0.05) is 18.7 Å². The number of hydrogen-bond donors (Lipinski definition) is 2. The number of carbonyl (C=O) groups is 1. The van der Waals surface area contributed by atoms with Crippen molar-refractivity contribution in [2.45, 2.75) is 13.0 Å². The monoisotopic (exact) mass is 286 g/mol. The van der Waals surface area contributed by atoms with E-state index in [1.54, 1.807) is 17.1 Å². The maximum absolute atomic E-state index is 10.7. The highest BCUT2D eigenvalue weighted by molar-refractivity contribution is 5.73. The van der Waals surface area contributed by atoms with E-state index in [1.807, 2.05) is 30.5 Å². The van der Waals surface area contributed by atoms with Crippen molar-refractivity contribution in [2.75, 3.05) is 11.9 Å². The first kappa shape index (κ1) is 14.6. The number of nitrogens with zero attached hydrogens (tertiary/aromatic N) is 2. The number of para-hydroxylation sites is 2. The van der Waals surface area contributed by atoms with Gasteiger partial charge in [0.15, 0.2) is 0 Å². The number of hydrogen-bond acceptors (Lipinski definition) is 4. The topological polar surface area (TPSA) is 82.2 Å². The first-order valence-corrected chi connectivity index (χ1v) is 6.58. The van der Waals surface area contributed by atoms with Gasteiger partial charge in [0.2, 0.25) is 5.91 Å². The summed E-state index contributed by atoms with van der Waals surface area (Å²) in [5, 5.41) is 7.39. The Morgan fingerprint density at radius 3 is 3.00 bits per heavy atom. The van der Waals surface area contributed by atoms with Crippen molar-refractivity contribution in [1.82, 2.24) is 9.78 Å². The Kier molecular flexibility index (Phi) is 4.98. The third-order valence-electron chi connectivity index (χ3n) is 2.82. The average molecular weight is 286 g/mol. The van der Waals surface area contributed by atoms with Crippen molar-refractivity contribution in [2.24, 2.45) is 5.73 Å². The summed E-state index contributed by atoms with van der Waals surface area (Å²) < 4.78 is 7.21. The van der Waals surface area contributed by atoms with Crippen molar-refractivity contribution in [3.05, 3.63) is 48.8 Å². The summed E-state index contributed by atoms with van der Waals surface area (Å²) in [4.78, 5) is 10.7. The minimum absolute atomic E-state index is 0.195. The number of ether oxygens (including phenoxy) is 1. The Morgan fingerprint density at radius 2 is 2.29 bits per heavy atom. The number of anilines is 1. The molecule has 0 spiro atoms. The lowest BCUT2D eigenvalue weighted by Crippen LogP contribution is -2.15. The Morgan fingerprint density at radius 1 is 1.48 bits per heavy atom. The van der Waals surface area contributed by atoms with Crippen molar-refractivity contribution < 1.29 is 9.53 Å². The Balaban J connectivity index is 1.95. The molecule has 0 aliphatic carbocycles. The molecule has 1 aromatic heterocycles. The van der Waals surface area contributed by atoms with Crippen LogP contribution in [0.1, 0.15) is 12.0 Å². The molecule has 0 atom stereocenters. The highest BCUT2D eigenvalue weighted by Crippen LogP contribution is 2.24. The Bertz CT molecular complexity index is 622. The molecule has 0 radical (unpaired) electrons. The summed E-state index contributed by atoms with van der Waals surface area (Å²) in [6, 6.07) is 7.55. The minimum Gasteiger partial charge on any atom is -0.491 e. The second kappa shape index (κ2) is 7.14. The van der Waals surface area contributed by atoms with Crippen LogP contribution in [0.4, 0.5) is 5.69 Å². The molecule has 0 unspecified atom stereocenters. The third-order valence-corrected chi connectivity index (χ3v) is 2.82. The number of carbonyl (C=O) groups excluding carboxylic acids is 1. The third kappa shape index (κ3) is 4.38. The highest BCUT2D eigenvalue weighted by atomic mass is 16.5. The largest absolute Gasteiger partial charge is 0.491 e. The zero-order valence-electron chi connectivity index (χ0n) is 11.7. The predicted molar refractivity (Wildman–Crippen MR) is 81.7 cm³/mol. The molecule has 0 fully saturated rings. The number of nitrogens with two attached hydrogens (primary N) is 1. The fourth-order valence-electron chi connectivity index (χ4n) is 1.77. The quantitative estimate of drug-likeness (QED) is 0.776. The number of amides is 1. The molecular formula is C15H18N4O2. The normalized spacial score (nSPS) is 10.1. The van der Waals surface area contributed by atoms with Crippen molar-refractivity contribution in [1.29, 1.82) is 0 Å². The summed E-state index contributed by atoms with van der Waals surface area (Å²) in [6.07, 6.45) is 5.48. The average Bonchev–Trinajstić information content (AvgIpc) is 2.94. The van der Waals surface area contributed by atoms with E-state index in [0.29, 0.717) is 12.3 Å². The lowest BCUT2D eigenvalue weighted by molar-refractivity contribution is -0.118. The SMILES string of the molecule is C=Cn1cc(CNc2ccccc2OCCC(N)=O)cn1. The van der Waals surface area contributed by atoms with E-state index in [4.69, 9.17) is 10.5 Å². The number of aromatic nitrogens is 2.